The molecule has 2 saturated heterocycles. The third kappa shape index (κ3) is 5.24. The number of nitrogens with zero attached hydrogens (tertiary/aromatic N) is 5. The first-order chi connectivity index (χ1) is 18.2. The van der Waals surface area contributed by atoms with Gasteiger partial charge in [-0.3, -0.25) is 9.78 Å². The number of pyridine rings is 1. The molecule has 1 spiro atoms. The number of carbonyl (C=O) groups is 1. The number of anilines is 1. The summed E-state index contributed by atoms with van der Waals surface area (Å²) < 4.78 is 36.7. The largest absolute Gasteiger partial charge is 0.497 e. The Morgan fingerprint density at radius 3 is 2.24 bits per heavy atom. The van der Waals surface area contributed by atoms with Crippen LogP contribution >= 0.6 is 0 Å². The lowest BCUT2D eigenvalue weighted by molar-refractivity contribution is 0.0473. The highest BCUT2D eigenvalue weighted by Gasteiger charge is 2.39. The van der Waals surface area contributed by atoms with Crippen molar-refractivity contribution in [2.45, 2.75) is 50.2 Å². The topological polar surface area (TPSA) is 119 Å². The van der Waals surface area contributed by atoms with E-state index in [2.05, 4.69) is 20.0 Å². The summed E-state index contributed by atoms with van der Waals surface area (Å²) in [7, 11) is -2.22. The van der Waals surface area contributed by atoms with Gasteiger partial charge in [-0.15, -0.1) is 0 Å². The second kappa shape index (κ2) is 10.4. The Kier molecular flexibility index (Phi) is 7.13. The number of hydrogen-bond acceptors (Lipinski definition) is 9. The van der Waals surface area contributed by atoms with Gasteiger partial charge in [-0.2, -0.15) is 4.98 Å². The zero-order valence-corrected chi connectivity index (χ0v) is 22.8. The summed E-state index contributed by atoms with van der Waals surface area (Å²) in [6.07, 6.45) is 7.67. The standard InChI is InChI=1S/C27H33N5O5S/c1-19-16-22(36-3)17-20(2)24(19)38(34,35)18-23-29-25(37-30-23)26(33)32-14-8-27(9-15-32)6-12-31(13-7-27)21-4-10-28-11-5-21/h4-5,10-11,16-17H,6-9,12-15,18H2,1-3H3. The van der Waals surface area contributed by atoms with Crippen LogP contribution in [-0.4, -0.2) is 67.6 Å². The Morgan fingerprint density at radius 1 is 1.03 bits per heavy atom. The van der Waals surface area contributed by atoms with Crippen LogP contribution in [0.1, 0.15) is 53.3 Å². The van der Waals surface area contributed by atoms with Gasteiger partial charge in [0.25, 0.3) is 0 Å². The van der Waals surface area contributed by atoms with Crippen molar-refractivity contribution < 1.29 is 22.5 Å². The number of aromatic nitrogens is 3. The normalized spacial score (nSPS) is 17.6. The Labute approximate surface area is 222 Å². The molecular weight excluding hydrogens is 506 g/mol. The lowest BCUT2D eigenvalue weighted by Crippen LogP contribution is -2.48. The molecule has 1 amide bonds. The zero-order valence-electron chi connectivity index (χ0n) is 22.0. The number of rotatable bonds is 6. The number of likely N-dealkylation sites (tertiary alicyclic amines) is 1. The number of aryl methyl sites for hydroxylation is 2. The van der Waals surface area contributed by atoms with Crippen molar-refractivity contribution in [3.8, 4) is 5.75 Å². The van der Waals surface area contributed by atoms with Crippen LogP contribution in [0.5, 0.6) is 5.75 Å². The summed E-state index contributed by atoms with van der Waals surface area (Å²) >= 11 is 0. The summed E-state index contributed by atoms with van der Waals surface area (Å²) in [5.41, 5.74) is 2.60. The maximum atomic E-state index is 13.1. The third-order valence-corrected chi connectivity index (χ3v) is 9.82. The quantitative estimate of drug-likeness (QED) is 0.463. The molecule has 1 aromatic carbocycles. The second-order valence-electron chi connectivity index (χ2n) is 10.3. The number of benzene rings is 1. The highest BCUT2D eigenvalue weighted by molar-refractivity contribution is 7.90. The molecule has 2 aromatic heterocycles. The molecule has 0 bridgehead atoms. The molecule has 0 unspecified atom stereocenters. The molecule has 38 heavy (non-hydrogen) atoms. The van der Waals surface area contributed by atoms with Crippen LogP contribution in [0, 0.1) is 19.3 Å². The van der Waals surface area contributed by atoms with Crippen molar-refractivity contribution in [3.05, 3.63) is 59.5 Å². The number of piperidine rings is 2. The minimum Gasteiger partial charge on any atom is -0.497 e. The Balaban J connectivity index is 1.19. The molecule has 202 valence electrons. The van der Waals surface area contributed by atoms with Gasteiger partial charge in [0.2, 0.25) is 0 Å². The minimum atomic E-state index is -3.75. The SMILES string of the molecule is COc1cc(C)c(S(=O)(=O)Cc2noc(C(=O)N3CCC4(CC3)CCN(c3ccncc3)CC4)n2)c(C)c1. The number of hydrogen-bond donors (Lipinski definition) is 0. The molecule has 0 atom stereocenters. The number of amides is 1. The first kappa shape index (κ1) is 26.1. The summed E-state index contributed by atoms with van der Waals surface area (Å²) in [6.45, 7) is 6.67. The van der Waals surface area contributed by atoms with E-state index in [-0.39, 0.29) is 27.9 Å². The van der Waals surface area contributed by atoms with E-state index in [0.717, 1.165) is 38.8 Å². The first-order valence-electron chi connectivity index (χ1n) is 12.8. The van der Waals surface area contributed by atoms with E-state index in [1.807, 2.05) is 24.5 Å². The molecule has 2 fully saturated rings. The Bertz CT molecular complexity index is 1380. The molecule has 0 aliphatic carbocycles. The van der Waals surface area contributed by atoms with E-state index in [4.69, 9.17) is 9.26 Å². The van der Waals surface area contributed by atoms with E-state index in [0.29, 0.717) is 30.0 Å². The molecule has 0 radical (unpaired) electrons. The maximum Gasteiger partial charge on any atom is 0.316 e. The van der Waals surface area contributed by atoms with Crippen LogP contribution in [0.25, 0.3) is 0 Å². The number of ether oxygens (including phenoxy) is 1. The molecule has 11 heteroatoms. The van der Waals surface area contributed by atoms with Gasteiger partial charge in [0.1, 0.15) is 11.5 Å². The van der Waals surface area contributed by atoms with Crippen LogP contribution in [0.2, 0.25) is 0 Å². The van der Waals surface area contributed by atoms with Gasteiger partial charge in [-0.25, -0.2) is 8.42 Å². The minimum absolute atomic E-state index is 0.0278. The fraction of sp³-hybridized carbons (Fsp3) is 0.481. The average Bonchev–Trinajstić information content (AvgIpc) is 3.36. The molecule has 10 nitrogen and oxygen atoms in total. The van der Waals surface area contributed by atoms with Gasteiger partial charge in [-0.1, -0.05) is 5.16 Å². The monoisotopic (exact) mass is 539 g/mol. The summed E-state index contributed by atoms with van der Waals surface area (Å²) in [4.78, 5) is 25.7. The van der Waals surface area contributed by atoms with Crippen molar-refractivity contribution in [1.29, 1.82) is 0 Å². The fourth-order valence-corrected chi connectivity index (χ4v) is 7.47. The smallest absolute Gasteiger partial charge is 0.316 e. The van der Waals surface area contributed by atoms with E-state index in [1.165, 1.54) is 12.8 Å². The second-order valence-corrected chi connectivity index (χ2v) is 12.3. The summed E-state index contributed by atoms with van der Waals surface area (Å²) in [5.74, 6) is -0.396. The molecule has 3 aromatic rings. The predicted octanol–water partition coefficient (Wildman–Crippen LogP) is 3.59. The van der Waals surface area contributed by atoms with Gasteiger partial charge >= 0.3 is 11.8 Å². The van der Waals surface area contributed by atoms with Crippen molar-refractivity contribution in [2.24, 2.45) is 5.41 Å². The van der Waals surface area contributed by atoms with Crippen LogP contribution in [-0.2, 0) is 15.6 Å². The predicted molar refractivity (Wildman–Crippen MR) is 141 cm³/mol. The van der Waals surface area contributed by atoms with Gasteiger partial charge in [0, 0.05) is 44.3 Å². The van der Waals surface area contributed by atoms with Crippen LogP contribution in [0.3, 0.4) is 0 Å². The van der Waals surface area contributed by atoms with E-state index < -0.39 is 15.6 Å². The number of methoxy groups -OCH3 is 1. The van der Waals surface area contributed by atoms with E-state index >= 15 is 0 Å². The average molecular weight is 540 g/mol. The lowest BCUT2D eigenvalue weighted by atomic mass is 9.71. The van der Waals surface area contributed by atoms with Crippen LogP contribution < -0.4 is 9.64 Å². The van der Waals surface area contributed by atoms with E-state index in [9.17, 15) is 13.2 Å². The summed E-state index contributed by atoms with van der Waals surface area (Å²) in [5, 5.41) is 3.81. The fourth-order valence-electron chi connectivity index (χ4n) is 5.77. The molecule has 4 heterocycles. The molecule has 2 aliphatic rings. The third-order valence-electron chi connectivity index (χ3n) is 7.91. The molecule has 0 N–H and O–H groups in total. The van der Waals surface area contributed by atoms with Gasteiger partial charge < -0.3 is 19.1 Å². The van der Waals surface area contributed by atoms with Crippen LogP contribution in [0.15, 0.2) is 46.1 Å². The Hall–Kier alpha value is -3.47. The summed E-state index contributed by atoms with van der Waals surface area (Å²) in [6, 6.07) is 7.44. The molecule has 0 saturated carbocycles. The van der Waals surface area contributed by atoms with Gasteiger partial charge in [0.15, 0.2) is 15.7 Å². The zero-order chi connectivity index (χ0) is 26.9. The highest BCUT2D eigenvalue weighted by atomic mass is 32.2. The van der Waals surface area contributed by atoms with Gasteiger partial charge in [0.05, 0.1) is 12.0 Å². The Morgan fingerprint density at radius 2 is 1.63 bits per heavy atom. The first-order valence-corrected chi connectivity index (χ1v) is 14.5. The van der Waals surface area contributed by atoms with Crippen molar-refractivity contribution in [1.82, 2.24) is 20.0 Å². The van der Waals surface area contributed by atoms with Crippen molar-refractivity contribution in [2.75, 3.05) is 38.2 Å². The maximum absolute atomic E-state index is 13.1. The van der Waals surface area contributed by atoms with E-state index in [1.54, 1.807) is 30.9 Å². The highest BCUT2D eigenvalue weighted by Crippen LogP contribution is 2.42. The van der Waals surface area contributed by atoms with Crippen molar-refractivity contribution >= 4 is 21.4 Å². The van der Waals surface area contributed by atoms with Crippen LogP contribution in [0.4, 0.5) is 5.69 Å². The molecule has 5 rings (SSSR count). The lowest BCUT2D eigenvalue weighted by Gasteiger charge is -2.47. The number of carbonyl (C=O) groups excluding carboxylic acids is 1. The van der Waals surface area contributed by atoms with Crippen molar-refractivity contribution in [3.63, 3.8) is 0 Å². The van der Waals surface area contributed by atoms with Gasteiger partial charge in [-0.05, 0) is 80.3 Å². The number of sulfone groups is 1. The molecule has 2 aliphatic heterocycles. The molecular formula is C27H33N5O5S.